The number of nitrogens with two attached hydrogens (primary N) is 2. The number of pyridine rings is 1. The molecular formula is C18H14F2N4O. The molecular weight excluding hydrogens is 326 g/mol. The number of hydrogen-bond acceptors (Lipinski definition) is 2. The number of fused-ring (bicyclic) bond motifs is 1. The molecule has 126 valence electrons. The number of amides is 1. The quantitative estimate of drug-likeness (QED) is 0.554. The summed E-state index contributed by atoms with van der Waals surface area (Å²) < 4.78 is 28.4. The van der Waals surface area contributed by atoms with Gasteiger partial charge in [0.2, 0.25) is 0 Å². The molecule has 0 saturated carbocycles. The first-order chi connectivity index (χ1) is 11.9. The Hall–Kier alpha value is -3.35. The molecule has 1 amide bonds. The van der Waals surface area contributed by atoms with Crippen LogP contribution in [0.25, 0.3) is 22.0 Å². The van der Waals surface area contributed by atoms with Gasteiger partial charge in [-0.1, -0.05) is 6.07 Å². The van der Waals surface area contributed by atoms with Crippen LogP contribution in [-0.2, 0) is 0 Å². The topological polar surface area (TPSA) is 94.4 Å². The van der Waals surface area contributed by atoms with Gasteiger partial charge in [-0.05, 0) is 48.4 Å². The number of aliphatic imine (C=N–C) groups is 1. The van der Waals surface area contributed by atoms with E-state index in [1.807, 2.05) is 0 Å². The van der Waals surface area contributed by atoms with Crippen LogP contribution in [0.15, 0.2) is 47.6 Å². The summed E-state index contributed by atoms with van der Waals surface area (Å²) in [6.45, 7) is 1.74. The van der Waals surface area contributed by atoms with Gasteiger partial charge in [-0.15, -0.1) is 0 Å². The van der Waals surface area contributed by atoms with Gasteiger partial charge in [0, 0.05) is 17.1 Å². The SMILES string of the molecule is Cc1cc(C(=O)N=C(N)N)cc2c(-c3c(F)cccc3F)ccnc12. The van der Waals surface area contributed by atoms with Gasteiger partial charge in [0.15, 0.2) is 5.96 Å². The monoisotopic (exact) mass is 340 g/mol. The van der Waals surface area contributed by atoms with Crippen LogP contribution in [0.2, 0.25) is 0 Å². The minimum atomic E-state index is -0.703. The van der Waals surface area contributed by atoms with Crippen molar-refractivity contribution in [1.82, 2.24) is 4.98 Å². The molecule has 0 radical (unpaired) electrons. The number of hydrogen-bond donors (Lipinski definition) is 2. The second kappa shape index (κ2) is 6.27. The lowest BCUT2D eigenvalue weighted by Crippen LogP contribution is -2.24. The molecule has 0 bridgehead atoms. The molecule has 0 spiro atoms. The summed E-state index contributed by atoms with van der Waals surface area (Å²) in [4.78, 5) is 19.9. The summed E-state index contributed by atoms with van der Waals surface area (Å²) in [5, 5.41) is 0.431. The number of aryl methyl sites for hydroxylation is 1. The minimum absolute atomic E-state index is 0.180. The van der Waals surface area contributed by atoms with Crippen molar-refractivity contribution in [3.05, 3.63) is 65.4 Å². The third kappa shape index (κ3) is 3.03. The maximum absolute atomic E-state index is 14.2. The van der Waals surface area contributed by atoms with Crippen molar-refractivity contribution in [2.45, 2.75) is 6.92 Å². The second-order valence-electron chi connectivity index (χ2n) is 5.49. The molecule has 5 nitrogen and oxygen atoms in total. The van der Waals surface area contributed by atoms with E-state index in [1.165, 1.54) is 36.5 Å². The van der Waals surface area contributed by atoms with Crippen molar-refractivity contribution >= 4 is 22.8 Å². The van der Waals surface area contributed by atoms with Gasteiger partial charge in [0.1, 0.15) is 11.6 Å². The molecule has 0 aliphatic heterocycles. The summed E-state index contributed by atoms with van der Waals surface area (Å²) >= 11 is 0. The van der Waals surface area contributed by atoms with E-state index in [4.69, 9.17) is 11.5 Å². The Kier molecular flexibility index (Phi) is 4.14. The lowest BCUT2D eigenvalue weighted by molar-refractivity contribution is 0.100. The average molecular weight is 340 g/mol. The lowest BCUT2D eigenvalue weighted by atomic mass is 9.96. The second-order valence-corrected chi connectivity index (χ2v) is 5.49. The van der Waals surface area contributed by atoms with E-state index in [1.54, 1.807) is 13.0 Å². The Morgan fingerprint density at radius 2 is 1.80 bits per heavy atom. The summed E-state index contributed by atoms with van der Waals surface area (Å²) in [7, 11) is 0. The van der Waals surface area contributed by atoms with Gasteiger partial charge in [0.05, 0.1) is 11.1 Å². The Balaban J connectivity index is 2.33. The number of guanidine groups is 1. The zero-order valence-electron chi connectivity index (χ0n) is 13.3. The summed E-state index contributed by atoms with van der Waals surface area (Å²) in [6, 6.07) is 8.18. The molecule has 0 aliphatic carbocycles. The van der Waals surface area contributed by atoms with Crippen LogP contribution in [0, 0.1) is 18.6 Å². The van der Waals surface area contributed by atoms with Crippen molar-refractivity contribution in [2.75, 3.05) is 0 Å². The van der Waals surface area contributed by atoms with Gasteiger partial charge in [0.25, 0.3) is 5.91 Å². The Labute approximate surface area is 142 Å². The molecule has 7 heteroatoms. The molecule has 0 fully saturated rings. The highest BCUT2D eigenvalue weighted by Crippen LogP contribution is 2.33. The molecule has 3 aromatic rings. The third-order valence-corrected chi connectivity index (χ3v) is 3.75. The number of aromatic nitrogens is 1. The predicted molar refractivity (Wildman–Crippen MR) is 92.0 cm³/mol. The molecule has 2 aromatic carbocycles. The van der Waals surface area contributed by atoms with Crippen molar-refractivity contribution < 1.29 is 13.6 Å². The zero-order valence-corrected chi connectivity index (χ0v) is 13.3. The number of benzene rings is 2. The zero-order chi connectivity index (χ0) is 18.1. The molecule has 0 unspecified atom stereocenters. The van der Waals surface area contributed by atoms with Gasteiger partial charge < -0.3 is 11.5 Å². The van der Waals surface area contributed by atoms with E-state index in [0.29, 0.717) is 22.0 Å². The van der Waals surface area contributed by atoms with Gasteiger partial charge >= 0.3 is 0 Å². The molecule has 3 rings (SSSR count). The van der Waals surface area contributed by atoms with Crippen molar-refractivity contribution in [2.24, 2.45) is 16.5 Å². The molecule has 0 atom stereocenters. The fourth-order valence-corrected chi connectivity index (χ4v) is 2.71. The van der Waals surface area contributed by atoms with Gasteiger partial charge in [-0.2, -0.15) is 4.99 Å². The summed E-state index contributed by atoms with van der Waals surface area (Å²) in [5.74, 6) is -2.42. The van der Waals surface area contributed by atoms with Crippen molar-refractivity contribution in [1.29, 1.82) is 0 Å². The van der Waals surface area contributed by atoms with E-state index in [9.17, 15) is 13.6 Å². The minimum Gasteiger partial charge on any atom is -0.370 e. The number of carbonyl (C=O) groups is 1. The molecule has 1 heterocycles. The number of rotatable bonds is 2. The maximum atomic E-state index is 14.2. The standard InChI is InChI=1S/C18H14F2N4O/c1-9-7-10(17(25)24-18(21)22)8-12-11(5-6-23-16(9)12)15-13(19)3-2-4-14(15)20/h2-8H,1H3,(H4,21,22,24,25). The highest BCUT2D eigenvalue weighted by Gasteiger charge is 2.17. The number of carbonyl (C=O) groups excluding carboxylic acids is 1. The summed E-state index contributed by atoms with van der Waals surface area (Å²) in [6.07, 6.45) is 1.47. The number of halogens is 2. The Bertz CT molecular complexity index is 1010. The smallest absolute Gasteiger partial charge is 0.280 e. The van der Waals surface area contributed by atoms with E-state index >= 15 is 0 Å². The average Bonchev–Trinajstić information content (AvgIpc) is 2.54. The fraction of sp³-hybridized carbons (Fsp3) is 0.0556. The lowest BCUT2D eigenvalue weighted by Gasteiger charge is -2.11. The largest absolute Gasteiger partial charge is 0.370 e. The van der Waals surface area contributed by atoms with Crippen LogP contribution >= 0.6 is 0 Å². The third-order valence-electron chi connectivity index (χ3n) is 3.75. The van der Waals surface area contributed by atoms with Crippen molar-refractivity contribution in [3.63, 3.8) is 0 Å². The molecule has 4 N–H and O–H groups in total. The summed E-state index contributed by atoms with van der Waals surface area (Å²) in [5.41, 5.74) is 12.0. The van der Waals surface area contributed by atoms with E-state index in [2.05, 4.69) is 9.98 Å². The Morgan fingerprint density at radius 3 is 2.44 bits per heavy atom. The van der Waals surface area contributed by atoms with E-state index in [0.717, 1.165) is 0 Å². The maximum Gasteiger partial charge on any atom is 0.280 e. The van der Waals surface area contributed by atoms with Crippen LogP contribution in [-0.4, -0.2) is 16.9 Å². The highest BCUT2D eigenvalue weighted by atomic mass is 19.1. The highest BCUT2D eigenvalue weighted by molar-refractivity contribution is 6.06. The molecule has 25 heavy (non-hydrogen) atoms. The van der Waals surface area contributed by atoms with Crippen LogP contribution in [0.4, 0.5) is 8.78 Å². The first-order valence-electron chi connectivity index (χ1n) is 7.36. The number of nitrogens with zero attached hydrogens (tertiary/aromatic N) is 2. The molecule has 0 saturated heterocycles. The first kappa shape index (κ1) is 16.5. The Morgan fingerprint density at radius 1 is 1.12 bits per heavy atom. The van der Waals surface area contributed by atoms with Crippen LogP contribution in [0.3, 0.4) is 0 Å². The van der Waals surface area contributed by atoms with E-state index in [-0.39, 0.29) is 17.1 Å². The predicted octanol–water partition coefficient (Wildman–Crippen LogP) is 2.90. The molecule has 0 aliphatic rings. The first-order valence-corrected chi connectivity index (χ1v) is 7.36. The van der Waals surface area contributed by atoms with Crippen LogP contribution in [0.1, 0.15) is 15.9 Å². The van der Waals surface area contributed by atoms with Crippen molar-refractivity contribution in [3.8, 4) is 11.1 Å². The fourth-order valence-electron chi connectivity index (χ4n) is 2.71. The van der Waals surface area contributed by atoms with Gasteiger partial charge in [-0.3, -0.25) is 9.78 Å². The van der Waals surface area contributed by atoms with E-state index < -0.39 is 17.5 Å². The normalized spacial score (nSPS) is 10.7. The van der Waals surface area contributed by atoms with Gasteiger partial charge in [-0.25, -0.2) is 8.78 Å². The van der Waals surface area contributed by atoms with Crippen LogP contribution < -0.4 is 11.5 Å². The molecule has 1 aromatic heterocycles. The van der Waals surface area contributed by atoms with Crippen LogP contribution in [0.5, 0.6) is 0 Å².